The van der Waals surface area contributed by atoms with Gasteiger partial charge in [-0.2, -0.15) is 0 Å². The molecule has 0 aromatic heterocycles. The van der Waals surface area contributed by atoms with E-state index in [0.717, 1.165) is 0 Å². The Morgan fingerprint density at radius 3 is 2.55 bits per heavy atom. The Kier molecular flexibility index (Phi) is 10.8. The lowest BCUT2D eigenvalue weighted by atomic mass is 10.1. The summed E-state index contributed by atoms with van der Waals surface area (Å²) in [5, 5.41) is 14.0. The molecule has 0 fully saturated rings. The number of carbonyl (C=O) groups excluding carboxylic acids is 2. The van der Waals surface area contributed by atoms with Crippen molar-refractivity contribution in [3.8, 4) is 0 Å². The molecule has 0 bridgehead atoms. The highest BCUT2D eigenvalue weighted by atomic mass is 32.2. The second-order valence-corrected chi connectivity index (χ2v) is 5.43. The standard InChI is InChI=1S/C12H23N3O4S/c1-9(16)15-8-20-7-5-11(17)14-6-3-2-4-10(13)12(18)19/h10H,2-8,13H2,1H3,(H,14,17)(H,15,16)(H,18,19)/t10-/m1/s1. The molecular formula is C12H23N3O4S. The molecule has 0 aliphatic heterocycles. The van der Waals surface area contributed by atoms with Gasteiger partial charge in [0.25, 0.3) is 0 Å². The molecule has 0 heterocycles. The number of hydrogen-bond acceptors (Lipinski definition) is 5. The number of hydrogen-bond donors (Lipinski definition) is 4. The zero-order chi connectivity index (χ0) is 15.4. The first-order valence-electron chi connectivity index (χ1n) is 6.50. The van der Waals surface area contributed by atoms with Crippen LogP contribution < -0.4 is 16.4 Å². The second-order valence-electron chi connectivity index (χ2n) is 4.33. The molecule has 2 amide bonds. The summed E-state index contributed by atoms with van der Waals surface area (Å²) in [7, 11) is 0. The summed E-state index contributed by atoms with van der Waals surface area (Å²) in [6.07, 6.45) is 2.20. The summed E-state index contributed by atoms with van der Waals surface area (Å²) in [6.45, 7) is 1.98. The predicted molar refractivity (Wildman–Crippen MR) is 78.2 cm³/mol. The molecular weight excluding hydrogens is 282 g/mol. The molecule has 116 valence electrons. The van der Waals surface area contributed by atoms with Crippen LogP contribution in [0.15, 0.2) is 0 Å². The normalized spacial score (nSPS) is 11.7. The fourth-order valence-corrected chi connectivity index (χ4v) is 2.10. The van der Waals surface area contributed by atoms with E-state index in [-0.39, 0.29) is 11.8 Å². The fourth-order valence-electron chi connectivity index (χ4n) is 1.32. The van der Waals surface area contributed by atoms with Crippen molar-refractivity contribution < 1.29 is 19.5 Å². The third-order valence-electron chi connectivity index (χ3n) is 2.48. The number of carboxylic acid groups (broad SMARTS) is 1. The van der Waals surface area contributed by atoms with Gasteiger partial charge in [-0.15, -0.1) is 11.8 Å². The van der Waals surface area contributed by atoms with Crippen LogP contribution in [0.1, 0.15) is 32.6 Å². The minimum absolute atomic E-state index is 0.0390. The van der Waals surface area contributed by atoms with Gasteiger partial charge in [-0.1, -0.05) is 0 Å². The number of carbonyl (C=O) groups is 3. The maximum atomic E-state index is 11.4. The Labute approximate surface area is 123 Å². The highest BCUT2D eigenvalue weighted by Gasteiger charge is 2.10. The quantitative estimate of drug-likeness (QED) is 0.312. The molecule has 1 atom stereocenters. The van der Waals surface area contributed by atoms with E-state index >= 15 is 0 Å². The van der Waals surface area contributed by atoms with Gasteiger partial charge in [0, 0.05) is 25.6 Å². The molecule has 0 saturated carbocycles. The van der Waals surface area contributed by atoms with Crippen LogP contribution in [0, 0.1) is 0 Å². The van der Waals surface area contributed by atoms with Crippen molar-refractivity contribution in [2.75, 3.05) is 18.2 Å². The SMILES string of the molecule is CC(=O)NCSCCC(=O)NCCCC[C@@H](N)C(=O)O. The number of nitrogens with two attached hydrogens (primary N) is 1. The second kappa shape index (κ2) is 11.5. The molecule has 0 saturated heterocycles. The first kappa shape index (κ1) is 18.7. The molecule has 8 heteroatoms. The number of amides is 2. The Morgan fingerprint density at radius 2 is 1.95 bits per heavy atom. The number of nitrogens with one attached hydrogen (secondary N) is 2. The van der Waals surface area contributed by atoms with Crippen molar-refractivity contribution in [1.29, 1.82) is 0 Å². The summed E-state index contributed by atoms with van der Waals surface area (Å²) in [5.41, 5.74) is 5.35. The topological polar surface area (TPSA) is 122 Å². The number of aliphatic carboxylic acids is 1. The summed E-state index contributed by atoms with van der Waals surface area (Å²) in [5.74, 6) is 0.0423. The zero-order valence-corrected chi connectivity index (χ0v) is 12.5. The van der Waals surface area contributed by atoms with Crippen LogP contribution >= 0.6 is 11.8 Å². The molecule has 0 aromatic rings. The molecule has 0 aliphatic rings. The van der Waals surface area contributed by atoms with E-state index in [1.807, 2.05) is 0 Å². The average Bonchev–Trinajstić information content (AvgIpc) is 2.37. The minimum Gasteiger partial charge on any atom is -0.480 e. The first-order chi connectivity index (χ1) is 9.43. The molecule has 7 nitrogen and oxygen atoms in total. The van der Waals surface area contributed by atoms with Crippen molar-refractivity contribution in [3.05, 3.63) is 0 Å². The lowest BCUT2D eigenvalue weighted by Gasteiger charge is -2.07. The number of unbranched alkanes of at least 4 members (excludes halogenated alkanes) is 1. The maximum Gasteiger partial charge on any atom is 0.320 e. The van der Waals surface area contributed by atoms with Crippen molar-refractivity contribution in [3.63, 3.8) is 0 Å². The van der Waals surface area contributed by atoms with Crippen molar-refractivity contribution in [1.82, 2.24) is 10.6 Å². The third-order valence-corrected chi connectivity index (χ3v) is 3.32. The zero-order valence-electron chi connectivity index (χ0n) is 11.7. The van der Waals surface area contributed by atoms with Gasteiger partial charge >= 0.3 is 5.97 Å². The van der Waals surface area contributed by atoms with E-state index < -0.39 is 12.0 Å². The summed E-state index contributed by atoms with van der Waals surface area (Å²) >= 11 is 1.49. The van der Waals surface area contributed by atoms with E-state index in [0.29, 0.717) is 43.9 Å². The van der Waals surface area contributed by atoms with Crippen LogP contribution in [0.4, 0.5) is 0 Å². The van der Waals surface area contributed by atoms with Gasteiger partial charge in [0.15, 0.2) is 0 Å². The molecule has 0 radical (unpaired) electrons. The van der Waals surface area contributed by atoms with Crippen molar-refractivity contribution in [2.24, 2.45) is 5.73 Å². The largest absolute Gasteiger partial charge is 0.480 e. The smallest absolute Gasteiger partial charge is 0.320 e. The van der Waals surface area contributed by atoms with E-state index in [2.05, 4.69) is 10.6 Å². The molecule has 0 unspecified atom stereocenters. The van der Waals surface area contributed by atoms with Crippen molar-refractivity contribution >= 4 is 29.5 Å². The van der Waals surface area contributed by atoms with Gasteiger partial charge in [0.2, 0.25) is 11.8 Å². The molecule has 5 N–H and O–H groups in total. The molecule has 0 aliphatic carbocycles. The highest BCUT2D eigenvalue weighted by Crippen LogP contribution is 2.01. The van der Waals surface area contributed by atoms with Crippen LogP contribution in [-0.4, -0.2) is 47.1 Å². The van der Waals surface area contributed by atoms with Crippen LogP contribution in [-0.2, 0) is 14.4 Å². The molecule has 0 spiro atoms. The molecule has 20 heavy (non-hydrogen) atoms. The lowest BCUT2D eigenvalue weighted by molar-refractivity contribution is -0.138. The third kappa shape index (κ3) is 11.8. The van der Waals surface area contributed by atoms with Gasteiger partial charge in [-0.3, -0.25) is 14.4 Å². The number of rotatable bonds is 11. The molecule has 0 rings (SSSR count). The first-order valence-corrected chi connectivity index (χ1v) is 7.66. The van der Waals surface area contributed by atoms with Crippen LogP contribution in [0.2, 0.25) is 0 Å². The van der Waals surface area contributed by atoms with Gasteiger partial charge in [-0.05, 0) is 19.3 Å². The Morgan fingerprint density at radius 1 is 1.25 bits per heavy atom. The van der Waals surface area contributed by atoms with Gasteiger partial charge in [-0.25, -0.2) is 0 Å². The van der Waals surface area contributed by atoms with E-state index in [4.69, 9.17) is 10.8 Å². The fraction of sp³-hybridized carbons (Fsp3) is 0.750. The van der Waals surface area contributed by atoms with E-state index in [9.17, 15) is 14.4 Å². The summed E-state index contributed by atoms with van der Waals surface area (Å²) in [4.78, 5) is 32.5. The maximum absolute atomic E-state index is 11.4. The lowest BCUT2D eigenvalue weighted by Crippen LogP contribution is -2.30. The minimum atomic E-state index is -0.995. The van der Waals surface area contributed by atoms with Crippen LogP contribution in [0.5, 0.6) is 0 Å². The van der Waals surface area contributed by atoms with E-state index in [1.165, 1.54) is 18.7 Å². The monoisotopic (exact) mass is 305 g/mol. The predicted octanol–water partition coefficient (Wildman–Crippen LogP) is -0.0983. The van der Waals surface area contributed by atoms with Crippen molar-refractivity contribution in [2.45, 2.75) is 38.6 Å². The van der Waals surface area contributed by atoms with Gasteiger partial charge in [0.1, 0.15) is 6.04 Å². The summed E-state index contributed by atoms with van der Waals surface area (Å²) < 4.78 is 0. The van der Waals surface area contributed by atoms with Crippen LogP contribution in [0.25, 0.3) is 0 Å². The summed E-state index contributed by atoms with van der Waals surface area (Å²) in [6, 6.07) is -0.823. The van der Waals surface area contributed by atoms with E-state index in [1.54, 1.807) is 0 Å². The van der Waals surface area contributed by atoms with Crippen LogP contribution in [0.3, 0.4) is 0 Å². The highest BCUT2D eigenvalue weighted by molar-refractivity contribution is 7.99. The Balaban J connectivity index is 3.37. The number of thioether (sulfide) groups is 1. The number of carboxylic acids is 1. The Hall–Kier alpha value is -1.28. The van der Waals surface area contributed by atoms with Gasteiger partial charge < -0.3 is 21.5 Å². The van der Waals surface area contributed by atoms with Gasteiger partial charge in [0.05, 0.1) is 5.88 Å². The Bertz CT molecular complexity index is 326. The average molecular weight is 305 g/mol. The molecule has 0 aromatic carbocycles.